The molecule has 0 bridgehead atoms. The van der Waals surface area contributed by atoms with Crippen molar-refractivity contribution in [2.75, 3.05) is 23.3 Å². The van der Waals surface area contributed by atoms with Gasteiger partial charge < -0.3 is 10.2 Å². The molecule has 3 rings (SSSR count). The van der Waals surface area contributed by atoms with Crippen LogP contribution in [0.15, 0.2) is 35.1 Å². The Bertz CT molecular complexity index is 609. The number of rotatable bonds is 3. The van der Waals surface area contributed by atoms with E-state index in [9.17, 15) is 0 Å². The van der Waals surface area contributed by atoms with E-state index in [1.54, 1.807) is 6.33 Å². The van der Waals surface area contributed by atoms with Gasteiger partial charge in [0.15, 0.2) is 0 Å². The van der Waals surface area contributed by atoms with Crippen LogP contribution in [0.4, 0.5) is 17.3 Å². The summed E-state index contributed by atoms with van der Waals surface area (Å²) in [5, 5.41) is 3.34. The predicted molar refractivity (Wildman–Crippen MR) is 85.6 cm³/mol. The van der Waals surface area contributed by atoms with Crippen molar-refractivity contribution >= 4 is 33.3 Å². The molecule has 0 saturated carbocycles. The highest BCUT2D eigenvalue weighted by Gasteiger charge is 2.14. The van der Waals surface area contributed by atoms with Gasteiger partial charge in [-0.2, -0.15) is 0 Å². The van der Waals surface area contributed by atoms with E-state index in [1.807, 2.05) is 6.07 Å². The molecule has 2 heterocycles. The molecule has 104 valence electrons. The van der Waals surface area contributed by atoms with Crippen LogP contribution in [0.3, 0.4) is 0 Å². The van der Waals surface area contributed by atoms with Crippen LogP contribution in [0.25, 0.3) is 0 Å². The third kappa shape index (κ3) is 2.93. The molecule has 0 amide bonds. The van der Waals surface area contributed by atoms with E-state index in [1.165, 1.54) is 18.4 Å². The van der Waals surface area contributed by atoms with Crippen LogP contribution in [0.2, 0.25) is 0 Å². The van der Waals surface area contributed by atoms with Crippen molar-refractivity contribution in [1.29, 1.82) is 0 Å². The Labute approximate surface area is 127 Å². The lowest BCUT2D eigenvalue weighted by Crippen LogP contribution is -2.19. The van der Waals surface area contributed by atoms with E-state index < -0.39 is 0 Å². The first-order valence-electron chi connectivity index (χ1n) is 6.82. The van der Waals surface area contributed by atoms with Gasteiger partial charge in [0.2, 0.25) is 0 Å². The third-order valence-corrected chi connectivity index (χ3v) is 4.13. The van der Waals surface area contributed by atoms with Crippen LogP contribution in [-0.2, 0) is 0 Å². The monoisotopic (exact) mass is 332 g/mol. The minimum atomic E-state index is 0.825. The van der Waals surface area contributed by atoms with E-state index in [0.29, 0.717) is 0 Å². The number of hydrogen-bond acceptors (Lipinski definition) is 4. The average molecular weight is 333 g/mol. The highest BCUT2D eigenvalue weighted by Crippen LogP contribution is 2.27. The topological polar surface area (TPSA) is 41.0 Å². The Hall–Kier alpha value is -1.62. The largest absolute Gasteiger partial charge is 0.356 e. The van der Waals surface area contributed by atoms with Gasteiger partial charge in [-0.15, -0.1) is 0 Å². The van der Waals surface area contributed by atoms with E-state index >= 15 is 0 Å². The molecular formula is C15H17BrN4. The van der Waals surface area contributed by atoms with E-state index in [2.05, 4.69) is 61.2 Å². The molecule has 5 heteroatoms. The fourth-order valence-electron chi connectivity index (χ4n) is 2.39. The zero-order valence-corrected chi connectivity index (χ0v) is 13.0. The molecule has 0 spiro atoms. The van der Waals surface area contributed by atoms with Gasteiger partial charge in [0.05, 0.1) is 5.69 Å². The molecule has 1 aliphatic heterocycles. The van der Waals surface area contributed by atoms with Crippen molar-refractivity contribution in [3.8, 4) is 0 Å². The van der Waals surface area contributed by atoms with Crippen LogP contribution in [0, 0.1) is 6.92 Å². The zero-order valence-electron chi connectivity index (χ0n) is 11.4. The maximum atomic E-state index is 4.36. The van der Waals surface area contributed by atoms with E-state index in [4.69, 9.17) is 0 Å². The lowest BCUT2D eigenvalue weighted by molar-refractivity contribution is 0.928. The number of halogens is 1. The van der Waals surface area contributed by atoms with Crippen LogP contribution >= 0.6 is 15.9 Å². The summed E-state index contributed by atoms with van der Waals surface area (Å²) in [4.78, 5) is 11.0. The Morgan fingerprint density at radius 2 is 1.95 bits per heavy atom. The standard InChI is InChI=1S/C15H17BrN4/c1-11-4-5-13(12(16)8-11)19-14-9-15(18-10-17-14)20-6-2-3-7-20/h4-5,8-10H,2-3,6-7H2,1H3,(H,17,18,19). The summed E-state index contributed by atoms with van der Waals surface area (Å²) >= 11 is 3.57. The molecule has 1 N–H and O–H groups in total. The van der Waals surface area contributed by atoms with Gasteiger partial charge >= 0.3 is 0 Å². The first kappa shape index (κ1) is 13.4. The Morgan fingerprint density at radius 3 is 2.70 bits per heavy atom. The summed E-state index contributed by atoms with van der Waals surface area (Å²) in [6.07, 6.45) is 4.12. The SMILES string of the molecule is Cc1ccc(Nc2cc(N3CCCC3)ncn2)c(Br)c1. The van der Waals surface area contributed by atoms with Gasteiger partial charge in [0.1, 0.15) is 18.0 Å². The van der Waals surface area contributed by atoms with Crippen LogP contribution in [0.5, 0.6) is 0 Å². The lowest BCUT2D eigenvalue weighted by atomic mass is 10.2. The van der Waals surface area contributed by atoms with E-state index in [-0.39, 0.29) is 0 Å². The highest BCUT2D eigenvalue weighted by molar-refractivity contribution is 9.10. The fraction of sp³-hybridized carbons (Fsp3) is 0.333. The first-order chi connectivity index (χ1) is 9.72. The van der Waals surface area contributed by atoms with Crippen molar-refractivity contribution in [3.05, 3.63) is 40.6 Å². The maximum Gasteiger partial charge on any atom is 0.135 e. The predicted octanol–water partition coefficient (Wildman–Crippen LogP) is 3.89. The van der Waals surface area contributed by atoms with Gasteiger partial charge in [-0.25, -0.2) is 9.97 Å². The molecule has 0 radical (unpaired) electrons. The van der Waals surface area contributed by atoms with Crippen molar-refractivity contribution in [2.45, 2.75) is 19.8 Å². The number of nitrogens with zero attached hydrogens (tertiary/aromatic N) is 3. The van der Waals surface area contributed by atoms with Gasteiger partial charge in [0, 0.05) is 23.6 Å². The number of benzene rings is 1. The second kappa shape index (κ2) is 5.79. The molecule has 0 aliphatic carbocycles. The smallest absolute Gasteiger partial charge is 0.135 e. The van der Waals surface area contributed by atoms with Crippen LogP contribution < -0.4 is 10.2 Å². The number of nitrogens with one attached hydrogen (secondary N) is 1. The number of aromatic nitrogens is 2. The molecular weight excluding hydrogens is 316 g/mol. The molecule has 1 saturated heterocycles. The number of hydrogen-bond donors (Lipinski definition) is 1. The molecule has 1 aliphatic rings. The van der Waals surface area contributed by atoms with Crippen molar-refractivity contribution < 1.29 is 0 Å². The molecule has 1 fully saturated rings. The summed E-state index contributed by atoms with van der Waals surface area (Å²) in [6.45, 7) is 4.25. The fourth-order valence-corrected chi connectivity index (χ4v) is 2.99. The molecule has 2 aromatic rings. The Balaban J connectivity index is 1.81. The molecule has 4 nitrogen and oxygen atoms in total. The summed E-state index contributed by atoms with van der Waals surface area (Å²) in [5.41, 5.74) is 2.24. The molecule has 1 aromatic heterocycles. The van der Waals surface area contributed by atoms with E-state index in [0.717, 1.165) is 34.9 Å². The number of aryl methyl sites for hydroxylation is 1. The van der Waals surface area contributed by atoms with Crippen molar-refractivity contribution in [1.82, 2.24) is 9.97 Å². The van der Waals surface area contributed by atoms with Crippen molar-refractivity contribution in [3.63, 3.8) is 0 Å². The summed E-state index contributed by atoms with van der Waals surface area (Å²) in [5.74, 6) is 1.83. The lowest BCUT2D eigenvalue weighted by Gasteiger charge is -2.17. The Morgan fingerprint density at radius 1 is 1.15 bits per heavy atom. The van der Waals surface area contributed by atoms with Crippen LogP contribution in [-0.4, -0.2) is 23.1 Å². The van der Waals surface area contributed by atoms with Gasteiger partial charge in [-0.1, -0.05) is 6.07 Å². The molecule has 0 unspecified atom stereocenters. The average Bonchev–Trinajstić information content (AvgIpc) is 2.96. The van der Waals surface area contributed by atoms with Crippen molar-refractivity contribution in [2.24, 2.45) is 0 Å². The highest BCUT2D eigenvalue weighted by atomic mass is 79.9. The summed E-state index contributed by atoms with van der Waals surface area (Å²) in [6, 6.07) is 8.23. The van der Waals surface area contributed by atoms with Gasteiger partial charge in [-0.3, -0.25) is 0 Å². The maximum absolute atomic E-state index is 4.36. The zero-order chi connectivity index (χ0) is 13.9. The Kier molecular flexibility index (Phi) is 3.87. The molecule has 0 atom stereocenters. The van der Waals surface area contributed by atoms with Crippen LogP contribution in [0.1, 0.15) is 18.4 Å². The normalized spacial score (nSPS) is 14.6. The summed E-state index contributed by atoms with van der Waals surface area (Å²) < 4.78 is 1.04. The second-order valence-electron chi connectivity index (χ2n) is 5.06. The molecule has 1 aromatic carbocycles. The third-order valence-electron chi connectivity index (χ3n) is 3.47. The second-order valence-corrected chi connectivity index (χ2v) is 5.92. The quantitative estimate of drug-likeness (QED) is 0.925. The number of anilines is 3. The minimum absolute atomic E-state index is 0.825. The van der Waals surface area contributed by atoms with Gasteiger partial charge in [0.25, 0.3) is 0 Å². The van der Waals surface area contributed by atoms with Gasteiger partial charge in [-0.05, 0) is 53.4 Å². The first-order valence-corrected chi connectivity index (χ1v) is 7.62. The minimum Gasteiger partial charge on any atom is -0.356 e. The molecule has 20 heavy (non-hydrogen) atoms. The summed E-state index contributed by atoms with van der Waals surface area (Å²) in [7, 11) is 0.